The summed E-state index contributed by atoms with van der Waals surface area (Å²) in [6, 6.07) is 4.99. The van der Waals surface area contributed by atoms with Gasteiger partial charge in [-0.25, -0.2) is 0 Å². The zero-order valence-corrected chi connectivity index (χ0v) is 12.6. The lowest BCUT2D eigenvalue weighted by atomic mass is 9.87. The molecule has 0 saturated carbocycles. The topological polar surface area (TPSA) is 23.5 Å². The van der Waals surface area contributed by atoms with Gasteiger partial charge in [0, 0.05) is 35.3 Å². The van der Waals surface area contributed by atoms with E-state index in [0.29, 0.717) is 6.04 Å². The summed E-state index contributed by atoms with van der Waals surface area (Å²) in [5.74, 6) is 0. The van der Waals surface area contributed by atoms with Crippen molar-refractivity contribution in [3.63, 3.8) is 0 Å². The molecule has 0 amide bonds. The average molecular weight is 267 g/mol. The zero-order chi connectivity index (χ0) is 13.2. The summed E-state index contributed by atoms with van der Waals surface area (Å²) >= 11 is 1.86. The molecule has 1 aromatic rings. The number of nitrogens with zero attached hydrogens (tertiary/aromatic N) is 1. The summed E-state index contributed by atoms with van der Waals surface area (Å²) in [4.78, 5) is 5.22. The van der Waals surface area contributed by atoms with Crippen LogP contribution in [0.5, 0.6) is 0 Å². The highest BCUT2D eigenvalue weighted by atomic mass is 32.1. The van der Waals surface area contributed by atoms with E-state index in [2.05, 4.69) is 37.8 Å². The molecule has 2 nitrogen and oxygen atoms in total. The first-order valence-corrected chi connectivity index (χ1v) is 7.88. The van der Waals surface area contributed by atoms with Crippen LogP contribution in [-0.4, -0.2) is 34.7 Å². The summed E-state index contributed by atoms with van der Waals surface area (Å²) in [7, 11) is 0. The van der Waals surface area contributed by atoms with Gasteiger partial charge < -0.3 is 10.0 Å². The molecule has 0 aliphatic carbocycles. The van der Waals surface area contributed by atoms with E-state index < -0.39 is 5.60 Å². The molecule has 1 aromatic heterocycles. The summed E-state index contributed by atoms with van der Waals surface area (Å²) in [6.07, 6.45) is 3.75. The molecule has 0 atom stereocenters. The van der Waals surface area contributed by atoms with Gasteiger partial charge in [-0.2, -0.15) is 0 Å². The number of hydrogen-bond donors (Lipinski definition) is 1. The molecular formula is C15H25NOS. The third-order valence-electron chi connectivity index (χ3n) is 4.03. The number of likely N-dealkylation sites (tertiary alicyclic amines) is 1. The van der Waals surface area contributed by atoms with Gasteiger partial charge in [-0.05, 0) is 45.2 Å². The molecule has 2 heterocycles. The number of thiophene rings is 1. The van der Waals surface area contributed by atoms with Gasteiger partial charge >= 0.3 is 0 Å². The lowest BCUT2D eigenvalue weighted by Crippen LogP contribution is -2.47. The van der Waals surface area contributed by atoms with E-state index in [1.165, 1.54) is 9.75 Å². The van der Waals surface area contributed by atoms with Crippen molar-refractivity contribution in [1.29, 1.82) is 0 Å². The van der Waals surface area contributed by atoms with Gasteiger partial charge in [0.15, 0.2) is 0 Å². The predicted molar refractivity (Wildman–Crippen MR) is 78.3 cm³/mol. The van der Waals surface area contributed by atoms with Gasteiger partial charge in [0.05, 0.1) is 5.60 Å². The second kappa shape index (κ2) is 5.72. The molecule has 1 fully saturated rings. The van der Waals surface area contributed by atoms with Crippen molar-refractivity contribution >= 4 is 11.3 Å². The Hall–Kier alpha value is -0.380. The Labute approximate surface area is 115 Å². The van der Waals surface area contributed by atoms with E-state index in [-0.39, 0.29) is 0 Å². The van der Waals surface area contributed by atoms with Crippen molar-refractivity contribution < 1.29 is 5.11 Å². The van der Waals surface area contributed by atoms with Crippen LogP contribution in [0, 0.1) is 0 Å². The first kappa shape index (κ1) is 14.0. The minimum absolute atomic E-state index is 0.471. The second-order valence-corrected chi connectivity index (χ2v) is 7.01. The van der Waals surface area contributed by atoms with Crippen molar-refractivity contribution in [1.82, 2.24) is 4.90 Å². The number of hydrogen-bond acceptors (Lipinski definition) is 3. The Morgan fingerprint density at radius 2 is 1.89 bits per heavy atom. The van der Waals surface area contributed by atoms with E-state index in [9.17, 15) is 5.11 Å². The highest BCUT2D eigenvalue weighted by Gasteiger charge is 2.33. The second-order valence-electron chi connectivity index (χ2n) is 5.75. The van der Waals surface area contributed by atoms with E-state index in [4.69, 9.17) is 0 Å². The molecule has 18 heavy (non-hydrogen) atoms. The molecular weight excluding hydrogens is 242 g/mol. The summed E-state index contributed by atoms with van der Waals surface area (Å²) in [5.41, 5.74) is -0.471. The van der Waals surface area contributed by atoms with Crippen molar-refractivity contribution in [3.8, 4) is 0 Å². The smallest absolute Gasteiger partial charge is 0.0720 e. The van der Waals surface area contributed by atoms with Crippen LogP contribution in [0.1, 0.15) is 43.4 Å². The molecule has 0 radical (unpaired) electrons. The van der Waals surface area contributed by atoms with Crippen molar-refractivity contribution in [2.75, 3.05) is 13.1 Å². The summed E-state index contributed by atoms with van der Waals surface area (Å²) in [6.45, 7) is 8.71. The number of aliphatic hydroxyl groups is 1. The molecule has 3 heteroatoms. The van der Waals surface area contributed by atoms with Crippen LogP contribution in [0.4, 0.5) is 0 Å². The first-order valence-electron chi connectivity index (χ1n) is 7.06. The van der Waals surface area contributed by atoms with E-state index in [1.54, 1.807) is 0 Å². The molecule has 0 spiro atoms. The fourth-order valence-electron chi connectivity index (χ4n) is 2.67. The average Bonchev–Trinajstić information content (AvgIpc) is 2.76. The van der Waals surface area contributed by atoms with Gasteiger partial charge in [-0.3, -0.25) is 0 Å². The fourth-order valence-corrected chi connectivity index (χ4v) is 3.76. The number of aryl methyl sites for hydroxylation is 1. The Balaban J connectivity index is 1.93. The zero-order valence-electron chi connectivity index (χ0n) is 11.8. The van der Waals surface area contributed by atoms with Crippen LogP contribution in [0.25, 0.3) is 0 Å². The SMILES string of the molecule is CCc1ccc(CC2(O)CCN(C(C)C)CC2)s1. The van der Waals surface area contributed by atoms with E-state index in [0.717, 1.165) is 38.8 Å². The molecule has 0 aromatic carbocycles. The van der Waals surface area contributed by atoms with Crippen LogP contribution < -0.4 is 0 Å². The molecule has 1 aliphatic rings. The van der Waals surface area contributed by atoms with Gasteiger partial charge in [0.25, 0.3) is 0 Å². The standard InChI is InChI=1S/C15H25NOS/c1-4-13-5-6-14(18-13)11-15(17)7-9-16(10-8-15)12(2)3/h5-6,12,17H,4,7-11H2,1-3H3. The Morgan fingerprint density at radius 1 is 1.28 bits per heavy atom. The van der Waals surface area contributed by atoms with Crippen molar-refractivity contribution in [3.05, 3.63) is 21.9 Å². The lowest BCUT2D eigenvalue weighted by Gasteiger charge is -2.39. The highest BCUT2D eigenvalue weighted by Crippen LogP contribution is 2.30. The third-order valence-corrected chi connectivity index (χ3v) is 5.26. The maximum absolute atomic E-state index is 10.7. The molecule has 1 N–H and O–H groups in total. The molecule has 1 aliphatic heterocycles. The maximum Gasteiger partial charge on any atom is 0.0720 e. The van der Waals surface area contributed by atoms with Crippen molar-refractivity contribution in [2.45, 2.75) is 58.1 Å². The third kappa shape index (κ3) is 3.34. The minimum Gasteiger partial charge on any atom is -0.389 e. The molecule has 0 unspecified atom stereocenters. The van der Waals surface area contributed by atoms with Crippen LogP contribution in [-0.2, 0) is 12.8 Å². The molecule has 1 saturated heterocycles. The largest absolute Gasteiger partial charge is 0.389 e. The van der Waals surface area contributed by atoms with Crippen LogP contribution in [0.3, 0.4) is 0 Å². The summed E-state index contributed by atoms with van der Waals surface area (Å²) in [5, 5.41) is 10.7. The molecule has 2 rings (SSSR count). The fraction of sp³-hybridized carbons (Fsp3) is 0.733. The lowest BCUT2D eigenvalue weighted by molar-refractivity contribution is -0.0265. The summed E-state index contributed by atoms with van der Waals surface area (Å²) < 4.78 is 0. The van der Waals surface area contributed by atoms with E-state index in [1.807, 2.05) is 11.3 Å². The maximum atomic E-state index is 10.7. The van der Waals surface area contributed by atoms with Crippen LogP contribution >= 0.6 is 11.3 Å². The predicted octanol–water partition coefficient (Wildman–Crippen LogP) is 3.09. The van der Waals surface area contributed by atoms with E-state index >= 15 is 0 Å². The highest BCUT2D eigenvalue weighted by molar-refractivity contribution is 7.12. The molecule has 102 valence electrons. The quantitative estimate of drug-likeness (QED) is 0.906. The Bertz CT molecular complexity index is 378. The molecule has 0 bridgehead atoms. The van der Waals surface area contributed by atoms with Gasteiger partial charge in [-0.15, -0.1) is 11.3 Å². The van der Waals surface area contributed by atoms with Crippen LogP contribution in [0.2, 0.25) is 0 Å². The van der Waals surface area contributed by atoms with Gasteiger partial charge in [-0.1, -0.05) is 6.92 Å². The van der Waals surface area contributed by atoms with Crippen LogP contribution in [0.15, 0.2) is 12.1 Å². The van der Waals surface area contributed by atoms with Gasteiger partial charge in [0.1, 0.15) is 0 Å². The monoisotopic (exact) mass is 267 g/mol. The Morgan fingerprint density at radius 3 is 2.39 bits per heavy atom. The Kier molecular flexibility index (Phi) is 4.46. The first-order chi connectivity index (χ1) is 8.52. The minimum atomic E-state index is -0.471. The van der Waals surface area contributed by atoms with Crippen molar-refractivity contribution in [2.24, 2.45) is 0 Å². The number of rotatable bonds is 4. The normalized spacial score (nSPS) is 20.5. The number of piperidine rings is 1. The van der Waals surface area contributed by atoms with Gasteiger partial charge in [0.2, 0.25) is 0 Å².